The molecule has 5 nitrogen and oxygen atoms in total. The van der Waals surface area contributed by atoms with Gasteiger partial charge in [0.05, 0.1) is 0 Å². The molecule has 100 valence electrons. The second kappa shape index (κ2) is 11.7. The Balaban J connectivity index is 0. The molecule has 7 heteroatoms. The number of thioether (sulfide) groups is 1. The van der Waals surface area contributed by atoms with E-state index in [-0.39, 0.29) is 0 Å². The molecule has 0 aliphatic rings. The van der Waals surface area contributed by atoms with E-state index < -0.39 is 23.0 Å². The average molecular weight is 279 g/mol. The average Bonchev–Trinajstić information content (AvgIpc) is 2.26. The number of nitrogens with two attached hydrogens (primary N) is 1. The highest BCUT2D eigenvalue weighted by molar-refractivity contribution is 7.99. The van der Waals surface area contributed by atoms with Crippen molar-refractivity contribution in [3.63, 3.8) is 0 Å². The van der Waals surface area contributed by atoms with Gasteiger partial charge in [0.25, 0.3) is 0 Å². The van der Waals surface area contributed by atoms with Gasteiger partial charge in [-0.15, -0.1) is 13.2 Å². The maximum atomic E-state index is 10.9. The van der Waals surface area contributed by atoms with Crippen LogP contribution in [0.3, 0.4) is 0 Å². The number of hydrogen-bond acceptors (Lipinski definition) is 6. The molecule has 0 saturated carbocycles. The van der Waals surface area contributed by atoms with Gasteiger partial charge in [-0.3, -0.25) is 4.79 Å². The quantitative estimate of drug-likeness (QED) is 0.271. The van der Waals surface area contributed by atoms with Gasteiger partial charge in [0.1, 0.15) is 5.54 Å². The van der Waals surface area contributed by atoms with Crippen LogP contribution in [0.1, 0.15) is 12.8 Å². The smallest absolute Gasteiger partial charge is 0.324 e. The lowest BCUT2D eigenvalue weighted by molar-refractivity contribution is -0.143. The van der Waals surface area contributed by atoms with E-state index in [1.165, 1.54) is 0 Å². The Hall–Kier alpha value is -0.790. The van der Waals surface area contributed by atoms with Crippen molar-refractivity contribution in [3.05, 3.63) is 25.3 Å². The first-order chi connectivity index (χ1) is 7.98. The fourth-order valence-electron chi connectivity index (χ4n) is 0.975. The van der Waals surface area contributed by atoms with Gasteiger partial charge in [0.2, 0.25) is 0 Å². The van der Waals surface area contributed by atoms with Crippen LogP contribution in [0.5, 0.6) is 0 Å². The van der Waals surface area contributed by atoms with E-state index in [1.807, 2.05) is 0 Å². The lowest BCUT2D eigenvalue weighted by atomic mass is 9.94. The number of rotatable bonds is 8. The fraction of sp³-hybridized carbons (Fsp3) is 0.500. The molecule has 4 N–H and O–H groups in total. The molecule has 0 aromatic rings. The second-order valence-electron chi connectivity index (χ2n) is 3.16. The normalized spacial score (nSPS) is 12.8. The van der Waals surface area contributed by atoms with E-state index in [4.69, 9.17) is 19.8 Å². The monoisotopic (exact) mass is 279 g/mol. The van der Waals surface area contributed by atoms with Gasteiger partial charge in [0.15, 0.2) is 0 Å². The second-order valence-corrected chi connectivity index (χ2v) is 4.49. The summed E-state index contributed by atoms with van der Waals surface area (Å²) in [5.41, 5.74) is 4.57. The molecular weight excluding hydrogens is 260 g/mol. The van der Waals surface area contributed by atoms with Crippen molar-refractivity contribution in [2.75, 3.05) is 11.5 Å². The number of carboxylic acid groups (broad SMARTS) is 1. The van der Waals surface area contributed by atoms with E-state index in [2.05, 4.69) is 13.2 Å². The molecule has 17 heavy (non-hydrogen) atoms. The summed E-state index contributed by atoms with van der Waals surface area (Å²) >= 11 is 1.04. The van der Waals surface area contributed by atoms with Crippen LogP contribution in [-0.4, -0.2) is 28.1 Å². The maximum Gasteiger partial charge on any atom is 0.324 e. The topological polar surface area (TPSA) is 104 Å². The number of carboxylic acids is 1. The summed E-state index contributed by atoms with van der Waals surface area (Å²) in [6.45, 7) is 7.09. The Labute approximate surface area is 109 Å². The minimum Gasteiger partial charge on any atom is -0.480 e. The van der Waals surface area contributed by atoms with Crippen molar-refractivity contribution in [1.82, 2.24) is 0 Å². The van der Waals surface area contributed by atoms with Crippen molar-refractivity contribution in [1.29, 1.82) is 4.78 Å². The minimum absolute atomic E-state index is 0.303. The van der Waals surface area contributed by atoms with Gasteiger partial charge < -0.3 is 19.8 Å². The molecule has 0 spiro atoms. The lowest BCUT2D eigenvalue weighted by Crippen LogP contribution is -2.48. The molecule has 0 rings (SSSR count). The standard InChI is InChI=1S/C10H17NO2S.H2NOS/c1-3-5-10(11,9(12)13)6-8-14-7-4-2;1-3-2/h3-4H,1-2,5-8,11H2,(H,12,13);1,3H/q;-1/t10-;/m0./s1. The summed E-state index contributed by atoms with van der Waals surface area (Å²) in [6.07, 6.45) is 4.09. The zero-order valence-corrected chi connectivity index (χ0v) is 11.3. The van der Waals surface area contributed by atoms with Gasteiger partial charge >= 0.3 is 5.97 Å². The highest BCUT2D eigenvalue weighted by Crippen LogP contribution is 2.16. The van der Waals surface area contributed by atoms with Crippen LogP contribution in [0.15, 0.2) is 25.3 Å². The molecule has 0 aromatic carbocycles. The summed E-state index contributed by atoms with van der Waals surface area (Å²) in [5.74, 6) is 0.587. The van der Waals surface area contributed by atoms with Crippen molar-refractivity contribution < 1.29 is 14.1 Å². The van der Waals surface area contributed by atoms with Crippen LogP contribution in [0.2, 0.25) is 0 Å². The van der Waals surface area contributed by atoms with Crippen molar-refractivity contribution in [2.24, 2.45) is 5.73 Å². The molecule has 0 amide bonds. The molecule has 0 aliphatic heterocycles. The van der Waals surface area contributed by atoms with Crippen LogP contribution in [0.25, 0.3) is 0 Å². The maximum absolute atomic E-state index is 10.9. The SMILES string of the molecule is C=CCSCC[C@@](N)(CC=C)C(=O)O.N=[SH-]=O. The Morgan fingerprint density at radius 2 is 2.06 bits per heavy atom. The fourth-order valence-corrected chi connectivity index (χ4v) is 1.82. The van der Waals surface area contributed by atoms with E-state index in [0.29, 0.717) is 12.8 Å². The first-order valence-electron chi connectivity index (χ1n) is 4.79. The molecule has 0 aliphatic carbocycles. The van der Waals surface area contributed by atoms with E-state index in [9.17, 15) is 4.79 Å². The van der Waals surface area contributed by atoms with Crippen molar-refractivity contribution in [2.45, 2.75) is 18.4 Å². The third-order valence-electron chi connectivity index (χ3n) is 1.86. The summed E-state index contributed by atoms with van der Waals surface area (Å²) < 4.78 is 14.2. The summed E-state index contributed by atoms with van der Waals surface area (Å²) in [5, 5.41) is 8.92. The number of aliphatic carboxylic acids is 1. The van der Waals surface area contributed by atoms with E-state index >= 15 is 0 Å². The van der Waals surface area contributed by atoms with Gasteiger partial charge in [-0.1, -0.05) is 12.2 Å². The number of carbonyl (C=O) groups is 1. The Bertz CT molecular complexity index is 291. The highest BCUT2D eigenvalue weighted by Gasteiger charge is 2.31. The van der Waals surface area contributed by atoms with Crippen LogP contribution >= 0.6 is 11.8 Å². The predicted octanol–water partition coefficient (Wildman–Crippen LogP) is 1.56. The zero-order chi connectivity index (χ0) is 13.7. The van der Waals surface area contributed by atoms with Crippen LogP contribution in [0, 0.1) is 4.78 Å². The van der Waals surface area contributed by atoms with Crippen molar-refractivity contribution >= 4 is 29.2 Å². The summed E-state index contributed by atoms with van der Waals surface area (Å²) in [7, 11) is 0. The van der Waals surface area contributed by atoms with E-state index in [1.54, 1.807) is 23.9 Å². The number of thiol groups is 1. The molecule has 0 fully saturated rings. The minimum atomic E-state index is -1.16. The number of nitrogens with one attached hydrogen (secondary N) is 1. The zero-order valence-electron chi connectivity index (χ0n) is 9.59. The first kappa shape index (κ1) is 18.6. The predicted molar refractivity (Wildman–Crippen MR) is 73.7 cm³/mol. The lowest BCUT2D eigenvalue weighted by Gasteiger charge is -2.22. The Morgan fingerprint density at radius 3 is 2.41 bits per heavy atom. The largest absolute Gasteiger partial charge is 0.480 e. The van der Waals surface area contributed by atoms with Crippen LogP contribution in [0.4, 0.5) is 0 Å². The number of hydrogen-bond donors (Lipinski definition) is 3. The molecule has 0 aromatic heterocycles. The van der Waals surface area contributed by atoms with Crippen molar-refractivity contribution in [3.8, 4) is 0 Å². The summed E-state index contributed by atoms with van der Waals surface area (Å²) in [4.78, 5) is 10.9. The summed E-state index contributed by atoms with van der Waals surface area (Å²) in [6, 6.07) is 0. The molecule has 0 unspecified atom stereocenters. The Morgan fingerprint density at radius 1 is 1.53 bits per heavy atom. The highest BCUT2D eigenvalue weighted by atomic mass is 32.2. The van der Waals surface area contributed by atoms with Gasteiger partial charge in [0, 0.05) is 5.75 Å². The molecule has 0 heterocycles. The van der Waals surface area contributed by atoms with E-state index in [0.717, 1.165) is 11.5 Å². The molecule has 0 saturated heterocycles. The molecule has 0 radical (unpaired) electrons. The van der Waals surface area contributed by atoms with Crippen LogP contribution < -0.4 is 5.73 Å². The molecule has 0 bridgehead atoms. The third kappa shape index (κ3) is 10.1. The van der Waals surface area contributed by atoms with Gasteiger partial charge in [-0.05, 0) is 18.6 Å². The molecular formula is C10H19N2O3S2-. The molecule has 1 atom stereocenters. The Kier molecular flexibility index (Phi) is 12.8. The van der Waals surface area contributed by atoms with Gasteiger partial charge in [-0.2, -0.15) is 11.8 Å². The van der Waals surface area contributed by atoms with Crippen LogP contribution in [-0.2, 0) is 20.5 Å². The third-order valence-corrected chi connectivity index (χ3v) is 2.83. The first-order valence-corrected chi connectivity index (χ1v) is 6.76. The van der Waals surface area contributed by atoms with Gasteiger partial charge in [-0.25, -0.2) is 11.5 Å².